The van der Waals surface area contributed by atoms with Crippen molar-refractivity contribution in [2.75, 3.05) is 19.7 Å². The minimum atomic E-state index is -0.157. The third-order valence-electron chi connectivity index (χ3n) is 5.00. The van der Waals surface area contributed by atoms with Gasteiger partial charge in [-0.15, -0.1) is 0 Å². The van der Waals surface area contributed by atoms with E-state index in [1.807, 2.05) is 4.90 Å². The second kappa shape index (κ2) is 8.70. The van der Waals surface area contributed by atoms with E-state index < -0.39 is 0 Å². The topological polar surface area (TPSA) is 29.5 Å². The molecule has 0 saturated carbocycles. The highest BCUT2D eigenvalue weighted by atomic mass is 16.6. The van der Waals surface area contributed by atoms with Crippen LogP contribution in [0.15, 0.2) is 60.7 Å². The number of likely N-dealkylation sites (tertiary alicyclic amines) is 1. The molecule has 1 aliphatic heterocycles. The normalized spacial score (nSPS) is 17.0. The largest absolute Gasteiger partial charge is 0.449 e. The fourth-order valence-corrected chi connectivity index (χ4v) is 3.68. The van der Waals surface area contributed by atoms with E-state index in [1.165, 1.54) is 11.1 Å². The Morgan fingerprint density at radius 2 is 1.68 bits per heavy atom. The number of hydrogen-bond acceptors (Lipinski definition) is 2. The standard InChI is InChI=1S/C22H27NO2/c1-2-3-16-25-22(24)23-15-14-20(17-23)21(18-10-6-4-7-11-18)19-12-8-5-9-13-19/h4-13,20-21H,2-3,14-17H2,1H3. The summed E-state index contributed by atoms with van der Waals surface area (Å²) in [6, 6.07) is 21.3. The molecule has 0 radical (unpaired) electrons. The highest BCUT2D eigenvalue weighted by molar-refractivity contribution is 5.68. The summed E-state index contributed by atoms with van der Waals surface area (Å²) >= 11 is 0. The molecule has 1 unspecified atom stereocenters. The number of amides is 1. The van der Waals surface area contributed by atoms with Crippen LogP contribution in [0.3, 0.4) is 0 Å². The molecule has 132 valence electrons. The lowest BCUT2D eigenvalue weighted by Crippen LogP contribution is -2.30. The first-order chi connectivity index (χ1) is 12.3. The summed E-state index contributed by atoms with van der Waals surface area (Å²) in [6.07, 6.45) is 2.83. The molecule has 3 rings (SSSR count). The Hall–Kier alpha value is -2.29. The zero-order chi connectivity index (χ0) is 17.5. The van der Waals surface area contributed by atoms with Gasteiger partial charge in [0.2, 0.25) is 0 Å². The first-order valence-electron chi connectivity index (χ1n) is 9.31. The van der Waals surface area contributed by atoms with Gasteiger partial charge in [0, 0.05) is 19.0 Å². The van der Waals surface area contributed by atoms with Crippen molar-refractivity contribution in [3.05, 3.63) is 71.8 Å². The fraction of sp³-hybridized carbons (Fsp3) is 0.409. The van der Waals surface area contributed by atoms with Crippen molar-refractivity contribution in [1.82, 2.24) is 4.90 Å². The van der Waals surface area contributed by atoms with Gasteiger partial charge in [0.05, 0.1) is 6.61 Å². The molecule has 2 aromatic carbocycles. The molecule has 1 saturated heterocycles. The summed E-state index contributed by atoms with van der Waals surface area (Å²) in [5, 5.41) is 0. The van der Waals surface area contributed by atoms with E-state index in [-0.39, 0.29) is 6.09 Å². The van der Waals surface area contributed by atoms with Gasteiger partial charge in [0.15, 0.2) is 0 Å². The molecule has 3 nitrogen and oxygen atoms in total. The van der Waals surface area contributed by atoms with Crippen LogP contribution in [0.5, 0.6) is 0 Å². The van der Waals surface area contributed by atoms with Crippen molar-refractivity contribution in [1.29, 1.82) is 0 Å². The van der Waals surface area contributed by atoms with E-state index in [9.17, 15) is 4.79 Å². The zero-order valence-corrected chi connectivity index (χ0v) is 14.9. The van der Waals surface area contributed by atoms with E-state index in [1.54, 1.807) is 0 Å². The van der Waals surface area contributed by atoms with Crippen molar-refractivity contribution in [2.24, 2.45) is 5.92 Å². The minimum Gasteiger partial charge on any atom is -0.449 e. The predicted molar refractivity (Wildman–Crippen MR) is 101 cm³/mol. The number of benzene rings is 2. The van der Waals surface area contributed by atoms with Crippen LogP contribution in [0.25, 0.3) is 0 Å². The van der Waals surface area contributed by atoms with Crippen molar-refractivity contribution in [3.63, 3.8) is 0 Å². The number of unbranched alkanes of at least 4 members (excludes halogenated alkanes) is 1. The summed E-state index contributed by atoms with van der Waals surface area (Å²) in [6.45, 7) is 4.17. The van der Waals surface area contributed by atoms with Gasteiger partial charge in [-0.3, -0.25) is 0 Å². The molecule has 1 fully saturated rings. The summed E-state index contributed by atoms with van der Waals surface area (Å²) in [5.74, 6) is 0.736. The van der Waals surface area contributed by atoms with Gasteiger partial charge in [0.25, 0.3) is 0 Å². The molecule has 0 bridgehead atoms. The summed E-state index contributed by atoms with van der Waals surface area (Å²) in [5.41, 5.74) is 2.64. The molecular formula is C22H27NO2. The van der Waals surface area contributed by atoms with Crippen LogP contribution in [0.1, 0.15) is 43.2 Å². The maximum Gasteiger partial charge on any atom is 0.409 e. The Morgan fingerprint density at radius 1 is 1.08 bits per heavy atom. The molecule has 0 spiro atoms. The number of carbonyl (C=O) groups is 1. The second-order valence-corrected chi connectivity index (χ2v) is 6.76. The summed E-state index contributed by atoms with van der Waals surface area (Å²) < 4.78 is 5.39. The molecule has 3 heteroatoms. The lowest BCUT2D eigenvalue weighted by Gasteiger charge is -2.25. The Kier molecular flexibility index (Phi) is 6.10. The van der Waals surface area contributed by atoms with Gasteiger partial charge >= 0.3 is 6.09 Å². The van der Waals surface area contributed by atoms with E-state index in [4.69, 9.17) is 4.74 Å². The molecule has 1 atom stereocenters. The van der Waals surface area contributed by atoms with E-state index >= 15 is 0 Å². The number of hydrogen-bond donors (Lipinski definition) is 0. The van der Waals surface area contributed by atoms with Gasteiger partial charge in [0.1, 0.15) is 0 Å². The van der Waals surface area contributed by atoms with Gasteiger partial charge < -0.3 is 9.64 Å². The molecule has 2 aromatic rings. The van der Waals surface area contributed by atoms with E-state index in [0.29, 0.717) is 18.4 Å². The van der Waals surface area contributed by atoms with Crippen molar-refractivity contribution in [2.45, 2.75) is 32.1 Å². The number of rotatable bonds is 6. The first kappa shape index (κ1) is 17.5. The van der Waals surface area contributed by atoms with Crippen LogP contribution in [0.2, 0.25) is 0 Å². The maximum atomic E-state index is 12.3. The second-order valence-electron chi connectivity index (χ2n) is 6.76. The SMILES string of the molecule is CCCCOC(=O)N1CCC(C(c2ccccc2)c2ccccc2)C1. The molecule has 0 aliphatic carbocycles. The summed E-state index contributed by atoms with van der Waals surface area (Å²) in [7, 11) is 0. The van der Waals surface area contributed by atoms with Gasteiger partial charge in [-0.05, 0) is 29.9 Å². The average Bonchev–Trinajstić information content (AvgIpc) is 3.14. The van der Waals surface area contributed by atoms with Crippen LogP contribution in [0.4, 0.5) is 4.79 Å². The molecule has 1 heterocycles. The lowest BCUT2D eigenvalue weighted by molar-refractivity contribution is 0.108. The predicted octanol–water partition coefficient (Wildman–Crippen LogP) is 5.08. The van der Waals surface area contributed by atoms with E-state index in [2.05, 4.69) is 67.6 Å². The Labute approximate surface area is 150 Å². The Morgan fingerprint density at radius 3 is 2.24 bits per heavy atom. The average molecular weight is 337 g/mol. The maximum absolute atomic E-state index is 12.3. The van der Waals surface area contributed by atoms with Gasteiger partial charge in [-0.25, -0.2) is 4.79 Å². The third kappa shape index (κ3) is 4.41. The van der Waals surface area contributed by atoms with Crippen LogP contribution in [-0.4, -0.2) is 30.7 Å². The van der Waals surface area contributed by atoms with Crippen molar-refractivity contribution < 1.29 is 9.53 Å². The minimum absolute atomic E-state index is 0.157. The number of carbonyl (C=O) groups excluding carboxylic acids is 1. The smallest absolute Gasteiger partial charge is 0.409 e. The first-order valence-corrected chi connectivity index (χ1v) is 9.31. The summed E-state index contributed by atoms with van der Waals surface area (Å²) in [4.78, 5) is 14.1. The molecule has 0 aromatic heterocycles. The van der Waals surface area contributed by atoms with Crippen molar-refractivity contribution >= 4 is 6.09 Å². The molecule has 0 N–H and O–H groups in total. The van der Waals surface area contributed by atoms with Crippen LogP contribution < -0.4 is 0 Å². The number of ether oxygens (including phenoxy) is 1. The van der Waals surface area contributed by atoms with Crippen molar-refractivity contribution in [3.8, 4) is 0 Å². The van der Waals surface area contributed by atoms with E-state index in [0.717, 1.165) is 32.4 Å². The van der Waals surface area contributed by atoms with Gasteiger partial charge in [-0.2, -0.15) is 0 Å². The van der Waals surface area contributed by atoms with Crippen LogP contribution in [0, 0.1) is 5.92 Å². The molecule has 1 aliphatic rings. The molecule has 1 amide bonds. The quantitative estimate of drug-likeness (QED) is 0.688. The molecule has 25 heavy (non-hydrogen) atoms. The van der Waals surface area contributed by atoms with Gasteiger partial charge in [-0.1, -0.05) is 74.0 Å². The Bertz CT molecular complexity index is 617. The highest BCUT2D eigenvalue weighted by Gasteiger charge is 2.34. The van der Waals surface area contributed by atoms with Crippen LogP contribution in [-0.2, 0) is 4.74 Å². The number of nitrogens with zero attached hydrogens (tertiary/aromatic N) is 1. The van der Waals surface area contributed by atoms with Crippen LogP contribution >= 0.6 is 0 Å². The zero-order valence-electron chi connectivity index (χ0n) is 14.9. The highest BCUT2D eigenvalue weighted by Crippen LogP contribution is 2.37. The monoisotopic (exact) mass is 337 g/mol. The third-order valence-corrected chi connectivity index (χ3v) is 5.00. The molecular weight excluding hydrogens is 310 g/mol. The fourth-order valence-electron chi connectivity index (χ4n) is 3.68. The Balaban J connectivity index is 1.74. The lowest BCUT2D eigenvalue weighted by atomic mass is 9.80.